The molecule has 2 aromatic carbocycles. The van der Waals surface area contributed by atoms with Gasteiger partial charge in [-0.2, -0.15) is 0 Å². The Kier molecular flexibility index (Phi) is 4.65. The summed E-state index contributed by atoms with van der Waals surface area (Å²) < 4.78 is 26.1. The number of anilines is 3. The molecule has 1 aromatic heterocycles. The van der Waals surface area contributed by atoms with Crippen molar-refractivity contribution >= 4 is 23.2 Å². The highest BCUT2D eigenvalue weighted by atomic mass is 19.2. The van der Waals surface area contributed by atoms with E-state index in [9.17, 15) is 13.6 Å². The summed E-state index contributed by atoms with van der Waals surface area (Å²) in [7, 11) is 1.85. The van der Waals surface area contributed by atoms with Crippen molar-refractivity contribution in [3.8, 4) is 0 Å². The molecule has 0 fully saturated rings. The van der Waals surface area contributed by atoms with Gasteiger partial charge in [-0.15, -0.1) is 10.2 Å². The van der Waals surface area contributed by atoms with Crippen molar-refractivity contribution in [1.82, 2.24) is 10.2 Å². The van der Waals surface area contributed by atoms with Crippen LogP contribution in [0.2, 0.25) is 0 Å². The smallest absolute Gasteiger partial charge is 0.256 e. The van der Waals surface area contributed by atoms with E-state index in [2.05, 4.69) is 15.5 Å². The average Bonchev–Trinajstić information content (AvgIpc) is 2.64. The number of rotatable bonds is 4. The zero-order valence-electron chi connectivity index (χ0n) is 13.3. The maximum absolute atomic E-state index is 13.2. The number of aromatic nitrogens is 2. The summed E-state index contributed by atoms with van der Waals surface area (Å²) in [5, 5.41) is 10.5. The molecule has 1 heterocycles. The predicted molar refractivity (Wildman–Crippen MR) is 90.8 cm³/mol. The van der Waals surface area contributed by atoms with Crippen LogP contribution in [0.15, 0.2) is 60.7 Å². The molecular formula is C18H14F2N4O. The fraction of sp³-hybridized carbons (Fsp3) is 0.0556. The Morgan fingerprint density at radius 2 is 1.72 bits per heavy atom. The SMILES string of the molecule is CN(c1ccccc1)c1ccc(NC(=O)c2ccc(F)c(F)c2)nn1. The van der Waals surface area contributed by atoms with Crippen LogP contribution >= 0.6 is 0 Å². The molecule has 25 heavy (non-hydrogen) atoms. The van der Waals surface area contributed by atoms with E-state index >= 15 is 0 Å². The first kappa shape index (κ1) is 16.5. The summed E-state index contributed by atoms with van der Waals surface area (Å²) in [6.07, 6.45) is 0. The Morgan fingerprint density at radius 1 is 0.960 bits per heavy atom. The quantitative estimate of drug-likeness (QED) is 0.785. The fourth-order valence-electron chi connectivity index (χ4n) is 2.18. The van der Waals surface area contributed by atoms with E-state index in [-0.39, 0.29) is 11.4 Å². The largest absolute Gasteiger partial charge is 0.328 e. The van der Waals surface area contributed by atoms with Gasteiger partial charge in [0.2, 0.25) is 0 Å². The summed E-state index contributed by atoms with van der Waals surface area (Å²) in [6, 6.07) is 15.8. The molecule has 0 bridgehead atoms. The highest BCUT2D eigenvalue weighted by Crippen LogP contribution is 2.21. The molecule has 126 valence electrons. The lowest BCUT2D eigenvalue weighted by Crippen LogP contribution is -2.15. The molecule has 0 aliphatic carbocycles. The van der Waals surface area contributed by atoms with Gasteiger partial charge in [0, 0.05) is 18.3 Å². The Balaban J connectivity index is 1.72. The monoisotopic (exact) mass is 340 g/mol. The number of hydrogen-bond donors (Lipinski definition) is 1. The molecule has 0 aliphatic heterocycles. The van der Waals surface area contributed by atoms with Gasteiger partial charge in [0.25, 0.3) is 5.91 Å². The van der Waals surface area contributed by atoms with Crippen LogP contribution in [0.3, 0.4) is 0 Å². The van der Waals surface area contributed by atoms with E-state index in [0.717, 1.165) is 17.8 Å². The minimum atomic E-state index is -1.08. The Morgan fingerprint density at radius 3 is 2.36 bits per heavy atom. The highest BCUT2D eigenvalue weighted by Gasteiger charge is 2.11. The standard InChI is InChI=1S/C18H14F2N4O/c1-24(13-5-3-2-4-6-13)17-10-9-16(22-23-17)21-18(25)12-7-8-14(19)15(20)11-12/h2-11H,1H3,(H,21,22,25). The minimum Gasteiger partial charge on any atom is -0.328 e. The minimum absolute atomic E-state index is 0.00817. The lowest BCUT2D eigenvalue weighted by atomic mass is 10.2. The second-order valence-electron chi connectivity index (χ2n) is 5.25. The van der Waals surface area contributed by atoms with Crippen LogP contribution in [-0.2, 0) is 0 Å². The molecule has 0 saturated heterocycles. The van der Waals surface area contributed by atoms with Crippen molar-refractivity contribution in [3.05, 3.63) is 77.9 Å². The highest BCUT2D eigenvalue weighted by molar-refractivity contribution is 6.03. The Bertz CT molecular complexity index is 885. The first-order valence-electron chi connectivity index (χ1n) is 7.43. The van der Waals surface area contributed by atoms with Gasteiger partial charge >= 0.3 is 0 Å². The molecule has 1 N–H and O–H groups in total. The molecule has 3 aromatic rings. The molecule has 5 nitrogen and oxygen atoms in total. The van der Waals surface area contributed by atoms with Crippen LogP contribution in [0.25, 0.3) is 0 Å². The second-order valence-corrected chi connectivity index (χ2v) is 5.25. The molecule has 0 atom stereocenters. The van der Waals surface area contributed by atoms with E-state index in [1.54, 1.807) is 12.1 Å². The van der Waals surface area contributed by atoms with Gasteiger partial charge in [-0.25, -0.2) is 8.78 Å². The Labute approximate surface area is 142 Å². The zero-order valence-corrected chi connectivity index (χ0v) is 13.3. The van der Waals surface area contributed by atoms with Gasteiger partial charge < -0.3 is 10.2 Å². The fourth-order valence-corrected chi connectivity index (χ4v) is 2.18. The third kappa shape index (κ3) is 3.77. The normalized spacial score (nSPS) is 10.4. The van der Waals surface area contributed by atoms with Gasteiger partial charge in [0.05, 0.1) is 0 Å². The van der Waals surface area contributed by atoms with Gasteiger partial charge in [0.15, 0.2) is 23.3 Å². The predicted octanol–water partition coefficient (Wildman–Crippen LogP) is 3.78. The van der Waals surface area contributed by atoms with E-state index < -0.39 is 17.5 Å². The van der Waals surface area contributed by atoms with Crippen molar-refractivity contribution in [1.29, 1.82) is 0 Å². The molecule has 7 heteroatoms. The number of halogens is 2. The topological polar surface area (TPSA) is 58.1 Å². The summed E-state index contributed by atoms with van der Waals surface area (Å²) >= 11 is 0. The summed E-state index contributed by atoms with van der Waals surface area (Å²) in [4.78, 5) is 13.9. The van der Waals surface area contributed by atoms with Crippen LogP contribution in [0.5, 0.6) is 0 Å². The maximum Gasteiger partial charge on any atom is 0.256 e. The maximum atomic E-state index is 13.2. The number of benzene rings is 2. The van der Waals surface area contributed by atoms with E-state index in [0.29, 0.717) is 5.82 Å². The lowest BCUT2D eigenvalue weighted by Gasteiger charge is -2.17. The number of nitrogens with one attached hydrogen (secondary N) is 1. The second kappa shape index (κ2) is 7.04. The lowest BCUT2D eigenvalue weighted by molar-refractivity contribution is 0.102. The third-order valence-electron chi connectivity index (χ3n) is 3.56. The molecule has 3 rings (SSSR count). The zero-order chi connectivity index (χ0) is 17.8. The summed E-state index contributed by atoms with van der Waals surface area (Å²) in [5.74, 6) is -1.89. The van der Waals surface area contributed by atoms with Crippen molar-refractivity contribution in [3.63, 3.8) is 0 Å². The number of carbonyl (C=O) groups is 1. The first-order valence-corrected chi connectivity index (χ1v) is 7.43. The van der Waals surface area contributed by atoms with Crippen molar-refractivity contribution in [2.24, 2.45) is 0 Å². The molecule has 0 aliphatic rings. The van der Waals surface area contributed by atoms with Gasteiger partial charge in [-0.1, -0.05) is 18.2 Å². The molecule has 0 spiro atoms. The van der Waals surface area contributed by atoms with Crippen LogP contribution in [-0.4, -0.2) is 23.2 Å². The number of hydrogen-bond acceptors (Lipinski definition) is 4. The first-order chi connectivity index (χ1) is 12.0. The summed E-state index contributed by atoms with van der Waals surface area (Å²) in [5.41, 5.74) is 0.932. The van der Waals surface area contributed by atoms with Crippen LogP contribution < -0.4 is 10.2 Å². The molecule has 0 saturated carbocycles. The average molecular weight is 340 g/mol. The molecule has 0 unspecified atom stereocenters. The van der Waals surface area contributed by atoms with Crippen molar-refractivity contribution in [2.45, 2.75) is 0 Å². The number of para-hydroxylation sites is 1. The van der Waals surface area contributed by atoms with Crippen molar-refractivity contribution < 1.29 is 13.6 Å². The van der Waals surface area contributed by atoms with Gasteiger partial charge in [-0.05, 0) is 42.5 Å². The van der Waals surface area contributed by atoms with Gasteiger partial charge in [0.1, 0.15) is 0 Å². The Hall–Kier alpha value is -3.35. The number of nitrogens with zero attached hydrogens (tertiary/aromatic N) is 3. The molecular weight excluding hydrogens is 326 g/mol. The van der Waals surface area contributed by atoms with E-state index in [1.165, 1.54) is 6.07 Å². The number of carbonyl (C=O) groups excluding carboxylic acids is 1. The van der Waals surface area contributed by atoms with E-state index in [4.69, 9.17) is 0 Å². The summed E-state index contributed by atoms with van der Waals surface area (Å²) in [6.45, 7) is 0. The van der Waals surface area contributed by atoms with Crippen LogP contribution in [0, 0.1) is 11.6 Å². The van der Waals surface area contributed by atoms with E-state index in [1.807, 2.05) is 42.3 Å². The molecule has 1 amide bonds. The van der Waals surface area contributed by atoms with Crippen LogP contribution in [0.1, 0.15) is 10.4 Å². The van der Waals surface area contributed by atoms with Gasteiger partial charge in [-0.3, -0.25) is 4.79 Å². The van der Waals surface area contributed by atoms with Crippen LogP contribution in [0.4, 0.5) is 26.1 Å². The molecule has 0 radical (unpaired) electrons. The van der Waals surface area contributed by atoms with Crippen molar-refractivity contribution in [2.75, 3.05) is 17.3 Å². The third-order valence-corrected chi connectivity index (χ3v) is 3.56. The number of amides is 1.